The normalized spacial score (nSPS) is 14.7. The van der Waals surface area contributed by atoms with Crippen molar-refractivity contribution in [3.05, 3.63) is 74.8 Å². The van der Waals surface area contributed by atoms with Gasteiger partial charge in [-0.25, -0.2) is 4.90 Å². The van der Waals surface area contributed by atoms with Crippen LogP contribution in [-0.4, -0.2) is 57.6 Å². The fourth-order valence-electron chi connectivity index (χ4n) is 3.44. The fraction of sp³-hybridized carbons (Fsp3) is 0.150. The zero-order valence-electron chi connectivity index (χ0n) is 15.8. The van der Waals surface area contributed by atoms with Gasteiger partial charge in [-0.1, -0.05) is 18.2 Å². The van der Waals surface area contributed by atoms with E-state index in [-0.39, 0.29) is 28.8 Å². The molecule has 0 bridgehead atoms. The predicted molar refractivity (Wildman–Crippen MR) is 101 cm³/mol. The number of hydrogen-bond donors (Lipinski definition) is 0. The molecule has 0 N–H and O–H groups in total. The molecule has 31 heavy (non-hydrogen) atoms. The van der Waals surface area contributed by atoms with E-state index in [1.165, 1.54) is 24.3 Å². The van der Waals surface area contributed by atoms with Crippen molar-refractivity contribution >= 4 is 35.3 Å². The van der Waals surface area contributed by atoms with Crippen molar-refractivity contribution in [2.45, 2.75) is 6.42 Å². The Bertz CT molecular complexity index is 1150. The molecule has 11 heteroatoms. The van der Waals surface area contributed by atoms with E-state index in [0.717, 1.165) is 15.9 Å². The van der Waals surface area contributed by atoms with Crippen LogP contribution in [0.4, 0.5) is 5.69 Å². The highest BCUT2D eigenvalue weighted by molar-refractivity contribution is 6.23. The quantitative estimate of drug-likeness (QED) is 0.293. The topological polar surface area (TPSA) is 144 Å². The van der Waals surface area contributed by atoms with Gasteiger partial charge in [-0.05, 0) is 18.2 Å². The van der Waals surface area contributed by atoms with Crippen LogP contribution in [0.15, 0.2) is 42.5 Å². The minimum Gasteiger partial charge on any atom is -0.444 e. The summed E-state index contributed by atoms with van der Waals surface area (Å²) in [5.74, 6) is -3.68. The molecule has 0 radical (unpaired) electrons. The Labute approximate surface area is 173 Å². The summed E-state index contributed by atoms with van der Waals surface area (Å²) in [4.78, 5) is 73.3. The molecule has 2 aromatic rings. The molecule has 0 spiro atoms. The van der Waals surface area contributed by atoms with Gasteiger partial charge in [-0.3, -0.25) is 39.0 Å². The lowest BCUT2D eigenvalue weighted by Crippen LogP contribution is -2.35. The molecule has 11 nitrogen and oxygen atoms in total. The molecule has 0 saturated carbocycles. The predicted octanol–water partition coefficient (Wildman–Crippen LogP) is 1.38. The van der Waals surface area contributed by atoms with Crippen molar-refractivity contribution < 1.29 is 33.6 Å². The van der Waals surface area contributed by atoms with Gasteiger partial charge in [0, 0.05) is 12.6 Å². The highest BCUT2D eigenvalue weighted by Crippen LogP contribution is 2.30. The number of ether oxygens (including phenoxy) is 1. The minimum absolute atomic E-state index is 0.112. The summed E-state index contributed by atoms with van der Waals surface area (Å²) in [6.45, 7) is -0.983. The standard InChI is InChI=1S/C20H13N3O8/c24-15(31-10-22-17(25)11-4-1-2-5-12(11)18(22)26)8-9-21-19(27)13-6-3-7-14(23(29)30)16(13)20(21)28/h1-7H,8-10H2. The lowest BCUT2D eigenvalue weighted by atomic mass is 10.1. The number of amides is 4. The van der Waals surface area contributed by atoms with Crippen molar-refractivity contribution in [3.8, 4) is 0 Å². The van der Waals surface area contributed by atoms with Gasteiger partial charge in [-0.15, -0.1) is 0 Å². The van der Waals surface area contributed by atoms with Crippen molar-refractivity contribution in [2.75, 3.05) is 13.3 Å². The van der Waals surface area contributed by atoms with Gasteiger partial charge in [0.05, 0.1) is 28.0 Å². The maximum absolute atomic E-state index is 12.5. The molecule has 0 fully saturated rings. The number of benzene rings is 2. The zero-order valence-corrected chi connectivity index (χ0v) is 15.8. The summed E-state index contributed by atoms with van der Waals surface area (Å²) in [6, 6.07) is 9.88. The van der Waals surface area contributed by atoms with E-state index in [1.807, 2.05) is 0 Å². The molecule has 4 rings (SSSR count). The third kappa shape index (κ3) is 3.21. The van der Waals surface area contributed by atoms with Crippen LogP contribution in [0, 0.1) is 10.1 Å². The lowest BCUT2D eigenvalue weighted by molar-refractivity contribution is -0.385. The third-order valence-corrected chi connectivity index (χ3v) is 4.95. The number of esters is 1. The van der Waals surface area contributed by atoms with E-state index >= 15 is 0 Å². The Kier molecular flexibility index (Phi) is 4.78. The second kappa shape index (κ2) is 7.44. The Morgan fingerprint density at radius 3 is 2.03 bits per heavy atom. The van der Waals surface area contributed by atoms with Crippen LogP contribution >= 0.6 is 0 Å². The molecule has 0 atom stereocenters. The second-order valence-corrected chi connectivity index (χ2v) is 6.70. The van der Waals surface area contributed by atoms with Crippen LogP contribution in [0.2, 0.25) is 0 Å². The maximum Gasteiger partial charge on any atom is 0.309 e. The van der Waals surface area contributed by atoms with Gasteiger partial charge in [0.25, 0.3) is 29.3 Å². The molecule has 2 heterocycles. The summed E-state index contributed by atoms with van der Waals surface area (Å²) >= 11 is 0. The Hall–Kier alpha value is -4.41. The number of nitro benzene ring substituents is 1. The lowest BCUT2D eigenvalue weighted by Gasteiger charge is -2.16. The number of rotatable bonds is 6. The van der Waals surface area contributed by atoms with Gasteiger partial charge in [0.15, 0.2) is 6.73 Å². The van der Waals surface area contributed by atoms with Crippen LogP contribution in [0.1, 0.15) is 47.9 Å². The molecule has 156 valence electrons. The van der Waals surface area contributed by atoms with Crippen LogP contribution in [-0.2, 0) is 9.53 Å². The first-order valence-corrected chi connectivity index (χ1v) is 9.05. The third-order valence-electron chi connectivity index (χ3n) is 4.95. The molecule has 4 amide bonds. The Morgan fingerprint density at radius 2 is 1.42 bits per heavy atom. The summed E-state index contributed by atoms with van der Waals surface area (Å²) in [7, 11) is 0. The molecular formula is C20H13N3O8. The Morgan fingerprint density at radius 1 is 0.839 bits per heavy atom. The van der Waals surface area contributed by atoms with Crippen LogP contribution in [0.5, 0.6) is 0 Å². The van der Waals surface area contributed by atoms with Gasteiger partial charge < -0.3 is 4.74 Å². The summed E-state index contributed by atoms with van der Waals surface area (Å²) in [5.41, 5.74) is -0.519. The van der Waals surface area contributed by atoms with E-state index in [0.29, 0.717) is 0 Å². The van der Waals surface area contributed by atoms with E-state index in [4.69, 9.17) is 4.74 Å². The summed E-state index contributed by atoms with van der Waals surface area (Å²) in [5, 5.41) is 11.1. The average molecular weight is 423 g/mol. The van der Waals surface area contributed by atoms with Crippen molar-refractivity contribution in [3.63, 3.8) is 0 Å². The smallest absolute Gasteiger partial charge is 0.309 e. The van der Waals surface area contributed by atoms with Crippen LogP contribution < -0.4 is 0 Å². The van der Waals surface area contributed by atoms with Crippen molar-refractivity contribution in [1.82, 2.24) is 9.80 Å². The van der Waals surface area contributed by atoms with Crippen molar-refractivity contribution in [1.29, 1.82) is 0 Å². The molecule has 2 aromatic carbocycles. The summed E-state index contributed by atoms with van der Waals surface area (Å²) in [6.07, 6.45) is -0.414. The van der Waals surface area contributed by atoms with E-state index in [1.54, 1.807) is 12.1 Å². The van der Waals surface area contributed by atoms with Gasteiger partial charge >= 0.3 is 5.97 Å². The molecular weight excluding hydrogens is 410 g/mol. The van der Waals surface area contributed by atoms with Crippen LogP contribution in [0.25, 0.3) is 0 Å². The molecule has 2 aliphatic rings. The number of carbonyl (C=O) groups is 5. The average Bonchev–Trinajstić information content (AvgIpc) is 3.15. The number of nitro groups is 1. The fourth-order valence-corrected chi connectivity index (χ4v) is 3.44. The largest absolute Gasteiger partial charge is 0.444 e. The second-order valence-electron chi connectivity index (χ2n) is 6.70. The number of fused-ring (bicyclic) bond motifs is 2. The molecule has 0 aromatic heterocycles. The van der Waals surface area contributed by atoms with E-state index in [9.17, 15) is 34.1 Å². The van der Waals surface area contributed by atoms with Gasteiger partial charge in [0.2, 0.25) is 0 Å². The van der Waals surface area contributed by atoms with Gasteiger partial charge in [-0.2, -0.15) is 0 Å². The molecule has 0 unspecified atom stereocenters. The monoisotopic (exact) mass is 423 g/mol. The summed E-state index contributed by atoms with van der Waals surface area (Å²) < 4.78 is 4.96. The first-order valence-electron chi connectivity index (χ1n) is 9.05. The first kappa shape index (κ1) is 19.9. The van der Waals surface area contributed by atoms with Crippen molar-refractivity contribution in [2.24, 2.45) is 0 Å². The Balaban J connectivity index is 1.37. The number of hydrogen-bond acceptors (Lipinski definition) is 8. The number of carbonyl (C=O) groups excluding carboxylic acids is 5. The highest BCUT2D eigenvalue weighted by Gasteiger charge is 2.41. The van der Waals surface area contributed by atoms with E-state index in [2.05, 4.69) is 0 Å². The highest BCUT2D eigenvalue weighted by atomic mass is 16.6. The molecule has 0 saturated heterocycles. The zero-order chi connectivity index (χ0) is 22.3. The number of imide groups is 2. The molecule has 0 aliphatic carbocycles. The van der Waals surface area contributed by atoms with E-state index < -0.39 is 53.4 Å². The number of nitrogens with zero attached hydrogens (tertiary/aromatic N) is 3. The SMILES string of the molecule is O=C(CCN1C(=O)c2cccc([N+](=O)[O-])c2C1=O)OCN1C(=O)c2ccccc2C1=O. The van der Waals surface area contributed by atoms with Gasteiger partial charge in [0.1, 0.15) is 5.56 Å². The molecule has 2 aliphatic heterocycles. The van der Waals surface area contributed by atoms with Crippen LogP contribution in [0.3, 0.4) is 0 Å². The maximum atomic E-state index is 12.5. The first-order chi connectivity index (χ1) is 14.8. The minimum atomic E-state index is -0.875.